The molecule has 4 N–H and O–H groups in total. The predicted octanol–water partition coefficient (Wildman–Crippen LogP) is 4.82. The zero-order chi connectivity index (χ0) is 23.0. The van der Waals surface area contributed by atoms with Gasteiger partial charge in [-0.1, -0.05) is 50.6 Å². The van der Waals surface area contributed by atoms with Gasteiger partial charge in [0.2, 0.25) is 0 Å². The van der Waals surface area contributed by atoms with Crippen LogP contribution in [0.15, 0.2) is 35.5 Å². The highest BCUT2D eigenvalue weighted by atomic mass is 16.4. The van der Waals surface area contributed by atoms with Crippen molar-refractivity contribution in [3.63, 3.8) is 0 Å². The Morgan fingerprint density at radius 1 is 1.19 bits per heavy atom. The number of rotatable bonds is 6. The molecule has 3 fully saturated rings. The summed E-state index contributed by atoms with van der Waals surface area (Å²) in [7, 11) is 0. The van der Waals surface area contributed by atoms with Gasteiger partial charge in [-0.3, -0.25) is 0 Å². The van der Waals surface area contributed by atoms with Crippen molar-refractivity contribution in [3.8, 4) is 0 Å². The number of aliphatic hydroxyl groups is 4. The monoisotopic (exact) mass is 432 g/mol. The van der Waals surface area contributed by atoms with Gasteiger partial charge in [-0.25, -0.2) is 0 Å². The van der Waals surface area contributed by atoms with E-state index in [2.05, 4.69) is 39.5 Å². The first kappa shape index (κ1) is 24.7. The van der Waals surface area contributed by atoms with Gasteiger partial charge in [0.05, 0.1) is 23.4 Å². The molecule has 6 atom stereocenters. The lowest BCUT2D eigenvalue weighted by molar-refractivity contribution is -0.211. The lowest BCUT2D eigenvalue weighted by Gasteiger charge is -2.53. The van der Waals surface area contributed by atoms with Crippen LogP contribution in [0.3, 0.4) is 0 Å². The van der Waals surface area contributed by atoms with E-state index in [0.29, 0.717) is 25.2 Å². The molecule has 3 aliphatic rings. The maximum Gasteiger partial charge on any atom is 0.0990 e. The first-order valence-corrected chi connectivity index (χ1v) is 12.3. The third-order valence-corrected chi connectivity index (χ3v) is 8.57. The van der Waals surface area contributed by atoms with Crippen molar-refractivity contribution in [2.24, 2.45) is 17.3 Å². The molecule has 0 radical (unpaired) electrons. The van der Waals surface area contributed by atoms with Gasteiger partial charge >= 0.3 is 0 Å². The average Bonchev–Trinajstić information content (AvgIpc) is 2.94. The van der Waals surface area contributed by atoms with Gasteiger partial charge < -0.3 is 20.4 Å². The van der Waals surface area contributed by atoms with Gasteiger partial charge in [0.1, 0.15) is 0 Å². The highest BCUT2D eigenvalue weighted by Crippen LogP contribution is 2.63. The molecule has 176 valence electrons. The highest BCUT2D eigenvalue weighted by molar-refractivity contribution is 5.37. The molecular formula is C27H44O4. The minimum absolute atomic E-state index is 0.199. The van der Waals surface area contributed by atoms with Gasteiger partial charge in [-0.05, 0) is 82.1 Å². The second kappa shape index (κ2) is 9.13. The minimum Gasteiger partial charge on any atom is -0.393 e. The van der Waals surface area contributed by atoms with Crippen molar-refractivity contribution in [3.05, 3.63) is 35.5 Å². The zero-order valence-electron chi connectivity index (χ0n) is 20.0. The molecule has 0 aromatic heterocycles. The third-order valence-electron chi connectivity index (χ3n) is 8.57. The maximum atomic E-state index is 11.9. The Hall–Kier alpha value is -0.940. The third kappa shape index (κ3) is 4.73. The van der Waals surface area contributed by atoms with Gasteiger partial charge in [0.25, 0.3) is 0 Å². The Balaban J connectivity index is 1.84. The van der Waals surface area contributed by atoms with E-state index in [1.165, 1.54) is 5.57 Å². The summed E-state index contributed by atoms with van der Waals surface area (Å²) in [5, 5.41) is 43.9. The molecular weight excluding hydrogens is 388 g/mol. The fourth-order valence-corrected chi connectivity index (χ4v) is 6.79. The van der Waals surface area contributed by atoms with E-state index in [1.54, 1.807) is 6.92 Å². The summed E-state index contributed by atoms with van der Waals surface area (Å²) < 4.78 is 0. The van der Waals surface area contributed by atoms with Crippen molar-refractivity contribution in [1.82, 2.24) is 0 Å². The average molecular weight is 433 g/mol. The Morgan fingerprint density at radius 3 is 2.58 bits per heavy atom. The summed E-state index contributed by atoms with van der Waals surface area (Å²) in [6.45, 7) is 12.2. The topological polar surface area (TPSA) is 80.9 Å². The standard InChI is InChI=1S/C27H44O4/c1-18(2)15-23(29)17-26(5,30)27(31)14-12-24-20(7-6-13-25(24,27)4)9-10-21-16-22(28)11-8-19(21)3/h9-10,18,22-24,28-31H,3,6-8,11-17H2,1-2,4-5H3/t22-,23?,24?,25-,26-,27+/m0/s1. The van der Waals surface area contributed by atoms with Crippen LogP contribution in [0.2, 0.25) is 0 Å². The fourth-order valence-electron chi connectivity index (χ4n) is 6.79. The van der Waals surface area contributed by atoms with E-state index in [-0.39, 0.29) is 18.4 Å². The normalized spacial score (nSPS) is 39.7. The summed E-state index contributed by atoms with van der Waals surface area (Å²) in [4.78, 5) is 0. The largest absolute Gasteiger partial charge is 0.393 e. The molecule has 4 nitrogen and oxygen atoms in total. The van der Waals surface area contributed by atoms with Crippen LogP contribution in [0.1, 0.15) is 91.9 Å². The smallest absolute Gasteiger partial charge is 0.0990 e. The van der Waals surface area contributed by atoms with Gasteiger partial charge in [-0.2, -0.15) is 0 Å². The van der Waals surface area contributed by atoms with Crippen LogP contribution in [0.4, 0.5) is 0 Å². The Labute approximate surface area is 188 Å². The second-order valence-corrected chi connectivity index (χ2v) is 11.4. The fraction of sp³-hybridized carbons (Fsp3) is 0.778. The molecule has 0 heterocycles. The first-order valence-electron chi connectivity index (χ1n) is 12.3. The number of hydrogen-bond acceptors (Lipinski definition) is 4. The van der Waals surface area contributed by atoms with Crippen molar-refractivity contribution >= 4 is 0 Å². The van der Waals surface area contributed by atoms with Gasteiger partial charge in [-0.15, -0.1) is 0 Å². The summed E-state index contributed by atoms with van der Waals surface area (Å²) in [5.74, 6) is 0.566. The molecule has 3 saturated carbocycles. The van der Waals surface area contributed by atoms with E-state index in [1.807, 2.05) is 0 Å². The zero-order valence-corrected chi connectivity index (χ0v) is 20.0. The van der Waals surface area contributed by atoms with Crippen LogP contribution in [0.25, 0.3) is 0 Å². The van der Waals surface area contributed by atoms with E-state index in [9.17, 15) is 20.4 Å². The first-order chi connectivity index (χ1) is 14.4. The molecule has 3 rings (SSSR count). The summed E-state index contributed by atoms with van der Waals surface area (Å²) in [6, 6.07) is 0. The van der Waals surface area contributed by atoms with Crippen molar-refractivity contribution in [2.45, 2.75) is 115 Å². The van der Waals surface area contributed by atoms with Gasteiger partial charge in [0.15, 0.2) is 0 Å². The predicted molar refractivity (Wildman–Crippen MR) is 125 cm³/mol. The van der Waals surface area contributed by atoms with Crippen LogP contribution in [0.5, 0.6) is 0 Å². The minimum atomic E-state index is -1.34. The number of aliphatic hydroxyl groups excluding tert-OH is 2. The molecule has 0 bridgehead atoms. The maximum absolute atomic E-state index is 11.9. The van der Waals surface area contributed by atoms with Gasteiger partial charge in [0, 0.05) is 11.8 Å². The van der Waals surface area contributed by atoms with Crippen molar-refractivity contribution in [1.29, 1.82) is 0 Å². The number of hydrogen-bond donors (Lipinski definition) is 4. The molecule has 0 amide bonds. The molecule has 2 unspecified atom stereocenters. The Bertz CT molecular complexity index is 734. The Kier molecular flexibility index (Phi) is 7.27. The summed E-state index contributed by atoms with van der Waals surface area (Å²) >= 11 is 0. The molecule has 0 spiro atoms. The van der Waals surface area contributed by atoms with Crippen LogP contribution in [0, 0.1) is 17.3 Å². The molecule has 0 saturated heterocycles. The van der Waals surface area contributed by atoms with Crippen LogP contribution in [-0.2, 0) is 0 Å². The highest BCUT2D eigenvalue weighted by Gasteiger charge is 2.65. The van der Waals surface area contributed by atoms with E-state index in [0.717, 1.165) is 49.7 Å². The van der Waals surface area contributed by atoms with Crippen molar-refractivity contribution < 1.29 is 20.4 Å². The van der Waals surface area contributed by atoms with E-state index >= 15 is 0 Å². The number of fused-ring (bicyclic) bond motifs is 1. The lowest BCUT2D eigenvalue weighted by atomic mass is 9.57. The molecule has 0 aromatic rings. The Morgan fingerprint density at radius 2 is 1.90 bits per heavy atom. The molecule has 3 aliphatic carbocycles. The van der Waals surface area contributed by atoms with Crippen LogP contribution >= 0.6 is 0 Å². The summed E-state index contributed by atoms with van der Waals surface area (Å²) in [6.07, 6.45) is 10.8. The van der Waals surface area contributed by atoms with Crippen LogP contribution < -0.4 is 0 Å². The second-order valence-electron chi connectivity index (χ2n) is 11.4. The molecule has 4 heteroatoms. The number of allylic oxidation sites excluding steroid dienone is 4. The lowest BCUT2D eigenvalue weighted by Crippen LogP contribution is -2.62. The SMILES string of the molecule is C=C1CC[C@H](O)CC1=CC=C1CCC[C@@]2(C)C1CC[C@]2(O)[C@@](C)(O)CC(O)CC(C)C. The van der Waals surface area contributed by atoms with E-state index in [4.69, 9.17) is 0 Å². The quantitative estimate of drug-likeness (QED) is 0.485. The molecule has 0 aromatic carbocycles. The van der Waals surface area contributed by atoms with Crippen LogP contribution in [-0.4, -0.2) is 43.8 Å². The van der Waals surface area contributed by atoms with E-state index < -0.39 is 22.7 Å². The van der Waals surface area contributed by atoms with Crippen molar-refractivity contribution in [2.75, 3.05) is 0 Å². The molecule has 31 heavy (non-hydrogen) atoms. The summed E-state index contributed by atoms with van der Waals surface area (Å²) in [5.41, 5.74) is 0.609. The molecule has 0 aliphatic heterocycles.